The number of aromatic nitrogens is 1. The topological polar surface area (TPSA) is 57.4 Å². The van der Waals surface area contributed by atoms with E-state index in [1.165, 1.54) is 6.20 Å². The van der Waals surface area contributed by atoms with E-state index in [0.717, 1.165) is 0 Å². The van der Waals surface area contributed by atoms with Crippen molar-refractivity contribution in [1.82, 2.24) is 4.98 Å². The molecule has 0 saturated heterocycles. The summed E-state index contributed by atoms with van der Waals surface area (Å²) in [6.45, 7) is 0.824. The summed E-state index contributed by atoms with van der Waals surface area (Å²) >= 11 is 11.5. The highest BCUT2D eigenvalue weighted by Crippen LogP contribution is 2.32. The molecule has 1 rings (SSSR count). The fourth-order valence-electron chi connectivity index (χ4n) is 0.784. The second-order valence-electron chi connectivity index (χ2n) is 2.48. The van der Waals surface area contributed by atoms with Crippen LogP contribution in [0.5, 0.6) is 5.88 Å². The van der Waals surface area contributed by atoms with Gasteiger partial charge in [0, 0.05) is 7.11 Å². The van der Waals surface area contributed by atoms with E-state index in [0.29, 0.717) is 18.2 Å². The molecule has 4 nitrogen and oxygen atoms in total. The van der Waals surface area contributed by atoms with Crippen LogP contribution in [0, 0.1) is 0 Å². The van der Waals surface area contributed by atoms with Crippen LogP contribution in [-0.4, -0.2) is 25.3 Å². The van der Waals surface area contributed by atoms with Gasteiger partial charge < -0.3 is 15.2 Å². The molecule has 0 saturated carbocycles. The maximum absolute atomic E-state index is 5.84. The molecule has 78 valence electrons. The van der Waals surface area contributed by atoms with Gasteiger partial charge >= 0.3 is 0 Å². The summed E-state index contributed by atoms with van der Waals surface area (Å²) < 4.78 is 10.0. The van der Waals surface area contributed by atoms with E-state index < -0.39 is 0 Å². The third-order valence-electron chi connectivity index (χ3n) is 1.50. The molecule has 6 heteroatoms. The minimum atomic E-state index is 0.230. The number of halogens is 2. The summed E-state index contributed by atoms with van der Waals surface area (Å²) in [4.78, 5) is 3.89. The van der Waals surface area contributed by atoms with E-state index in [2.05, 4.69) is 4.98 Å². The van der Waals surface area contributed by atoms with Crippen molar-refractivity contribution in [3.8, 4) is 5.88 Å². The largest absolute Gasteiger partial charge is 0.474 e. The normalized spacial score (nSPS) is 10.2. The van der Waals surface area contributed by atoms with Gasteiger partial charge in [-0.1, -0.05) is 23.2 Å². The summed E-state index contributed by atoms with van der Waals surface area (Å²) in [6, 6.07) is 0. The quantitative estimate of drug-likeness (QED) is 0.813. The summed E-state index contributed by atoms with van der Waals surface area (Å²) in [5.41, 5.74) is 5.85. The molecule has 0 aromatic carbocycles. The number of nitrogen functional groups attached to an aromatic ring is 1. The first-order valence-electron chi connectivity index (χ1n) is 3.88. The lowest BCUT2D eigenvalue weighted by molar-refractivity contribution is 0.144. The Labute approximate surface area is 91.9 Å². The molecule has 1 aromatic heterocycles. The van der Waals surface area contributed by atoms with Gasteiger partial charge in [-0.3, -0.25) is 0 Å². The Kier molecular flexibility index (Phi) is 4.25. The maximum Gasteiger partial charge on any atom is 0.234 e. The predicted molar refractivity (Wildman–Crippen MR) is 56.0 cm³/mol. The second kappa shape index (κ2) is 5.24. The second-order valence-corrected chi connectivity index (χ2v) is 3.27. The number of anilines is 1. The lowest BCUT2D eigenvalue weighted by Gasteiger charge is -2.08. The van der Waals surface area contributed by atoms with Crippen molar-refractivity contribution < 1.29 is 9.47 Å². The molecule has 1 aromatic rings. The molecule has 0 fully saturated rings. The van der Waals surface area contributed by atoms with Gasteiger partial charge in [-0.25, -0.2) is 4.98 Å². The highest BCUT2D eigenvalue weighted by molar-refractivity contribution is 6.39. The first-order chi connectivity index (χ1) is 6.66. The molecule has 0 radical (unpaired) electrons. The fraction of sp³-hybridized carbons (Fsp3) is 0.375. The molecule has 0 amide bonds. The zero-order valence-electron chi connectivity index (χ0n) is 7.59. The predicted octanol–water partition coefficient (Wildman–Crippen LogP) is 2.00. The van der Waals surface area contributed by atoms with E-state index in [9.17, 15) is 0 Å². The molecule has 0 aliphatic rings. The summed E-state index contributed by atoms with van der Waals surface area (Å²) in [5.74, 6) is 0.269. The standard InChI is InChI=1S/C8H10Cl2N2O2/c1-13-2-3-14-8-6(10)7(11)5(9)4-12-8/h4H,2-3H2,1H3,(H2,11,12). The van der Waals surface area contributed by atoms with Crippen LogP contribution in [0.15, 0.2) is 6.20 Å². The van der Waals surface area contributed by atoms with Crippen molar-refractivity contribution in [2.75, 3.05) is 26.1 Å². The highest BCUT2D eigenvalue weighted by Gasteiger charge is 2.09. The van der Waals surface area contributed by atoms with Gasteiger partial charge in [0.2, 0.25) is 5.88 Å². The van der Waals surface area contributed by atoms with Crippen molar-refractivity contribution in [2.45, 2.75) is 0 Å². The third kappa shape index (κ3) is 2.64. The van der Waals surface area contributed by atoms with Crippen molar-refractivity contribution >= 4 is 28.9 Å². The molecule has 0 aliphatic carbocycles. The number of ether oxygens (including phenoxy) is 2. The third-order valence-corrected chi connectivity index (χ3v) is 2.17. The van der Waals surface area contributed by atoms with E-state index in [-0.39, 0.29) is 16.6 Å². The Bertz CT molecular complexity index is 320. The van der Waals surface area contributed by atoms with Gasteiger partial charge in [0.05, 0.1) is 23.5 Å². The first-order valence-corrected chi connectivity index (χ1v) is 4.63. The highest BCUT2D eigenvalue weighted by atomic mass is 35.5. The molecule has 0 bridgehead atoms. The van der Waals surface area contributed by atoms with Crippen LogP contribution in [0.3, 0.4) is 0 Å². The Balaban J connectivity index is 2.73. The minimum Gasteiger partial charge on any atom is -0.474 e. The average molecular weight is 237 g/mol. The van der Waals surface area contributed by atoms with Crippen LogP contribution in [0.1, 0.15) is 0 Å². The van der Waals surface area contributed by atoms with E-state index in [1.54, 1.807) is 7.11 Å². The molecule has 2 N–H and O–H groups in total. The van der Waals surface area contributed by atoms with Crippen LogP contribution < -0.4 is 10.5 Å². The van der Waals surface area contributed by atoms with E-state index in [4.69, 9.17) is 38.4 Å². The zero-order chi connectivity index (χ0) is 10.6. The van der Waals surface area contributed by atoms with E-state index >= 15 is 0 Å². The molecule has 0 aliphatic heterocycles. The fourth-order valence-corrected chi connectivity index (χ4v) is 1.18. The lowest BCUT2D eigenvalue weighted by atomic mass is 10.4. The van der Waals surface area contributed by atoms with Crippen LogP contribution in [-0.2, 0) is 4.74 Å². The maximum atomic E-state index is 5.84. The number of nitrogens with zero attached hydrogens (tertiary/aromatic N) is 1. The Hall–Kier alpha value is -0.710. The van der Waals surface area contributed by atoms with Gasteiger partial charge in [0.15, 0.2) is 0 Å². The Morgan fingerprint density at radius 1 is 1.43 bits per heavy atom. The molecular formula is C8H10Cl2N2O2. The van der Waals surface area contributed by atoms with Crippen LogP contribution in [0.2, 0.25) is 10.0 Å². The SMILES string of the molecule is COCCOc1ncc(Cl)c(N)c1Cl. The molecule has 1 heterocycles. The number of hydrogen-bond donors (Lipinski definition) is 1. The minimum absolute atomic E-state index is 0.230. The average Bonchev–Trinajstić information content (AvgIpc) is 2.18. The lowest BCUT2D eigenvalue weighted by Crippen LogP contribution is -2.06. The van der Waals surface area contributed by atoms with Gasteiger partial charge in [-0.15, -0.1) is 0 Å². The van der Waals surface area contributed by atoms with Crippen molar-refractivity contribution in [3.63, 3.8) is 0 Å². The number of rotatable bonds is 4. The van der Waals surface area contributed by atoms with Crippen LogP contribution in [0.4, 0.5) is 5.69 Å². The summed E-state index contributed by atoms with van der Waals surface area (Å²) in [5, 5.41) is 0.544. The summed E-state index contributed by atoms with van der Waals surface area (Å²) in [7, 11) is 1.58. The smallest absolute Gasteiger partial charge is 0.234 e. The van der Waals surface area contributed by atoms with Crippen molar-refractivity contribution in [3.05, 3.63) is 16.2 Å². The van der Waals surface area contributed by atoms with E-state index in [1.807, 2.05) is 0 Å². The molecular weight excluding hydrogens is 227 g/mol. The van der Waals surface area contributed by atoms with Crippen LogP contribution in [0.25, 0.3) is 0 Å². The zero-order valence-corrected chi connectivity index (χ0v) is 9.10. The van der Waals surface area contributed by atoms with Crippen molar-refractivity contribution in [2.24, 2.45) is 0 Å². The Morgan fingerprint density at radius 3 is 2.79 bits per heavy atom. The number of hydrogen-bond acceptors (Lipinski definition) is 4. The monoisotopic (exact) mass is 236 g/mol. The Morgan fingerprint density at radius 2 is 2.14 bits per heavy atom. The first kappa shape index (κ1) is 11.4. The number of nitrogens with two attached hydrogens (primary N) is 1. The van der Waals surface area contributed by atoms with Gasteiger partial charge in [-0.05, 0) is 0 Å². The molecule has 0 atom stereocenters. The molecule has 0 spiro atoms. The van der Waals surface area contributed by atoms with Crippen LogP contribution >= 0.6 is 23.2 Å². The van der Waals surface area contributed by atoms with Gasteiger partial charge in [-0.2, -0.15) is 0 Å². The number of pyridine rings is 1. The molecule has 14 heavy (non-hydrogen) atoms. The summed E-state index contributed by atoms with van der Waals surface area (Å²) in [6.07, 6.45) is 1.39. The van der Waals surface area contributed by atoms with Crippen molar-refractivity contribution in [1.29, 1.82) is 0 Å². The van der Waals surface area contributed by atoms with Gasteiger partial charge in [0.1, 0.15) is 11.6 Å². The van der Waals surface area contributed by atoms with Gasteiger partial charge in [0.25, 0.3) is 0 Å². The number of methoxy groups -OCH3 is 1. The molecule has 0 unspecified atom stereocenters.